The van der Waals surface area contributed by atoms with Crippen LogP contribution >= 0.6 is 0 Å². The number of anilines is 1. The smallest absolute Gasteiger partial charge is 0.162 e. The second kappa shape index (κ2) is 7.67. The van der Waals surface area contributed by atoms with E-state index in [9.17, 15) is 0 Å². The van der Waals surface area contributed by atoms with E-state index in [4.69, 9.17) is 9.97 Å². The van der Waals surface area contributed by atoms with Gasteiger partial charge in [0.05, 0.1) is 5.52 Å². The molecule has 0 saturated carbocycles. The maximum atomic E-state index is 5.05. The molecular weight excluding hydrogens is 354 g/mol. The number of para-hydroxylation sites is 1. The van der Waals surface area contributed by atoms with Crippen LogP contribution in [0, 0.1) is 5.92 Å². The lowest BCUT2D eigenvalue weighted by Gasteiger charge is -2.32. The van der Waals surface area contributed by atoms with Gasteiger partial charge in [0.25, 0.3) is 0 Å². The number of benzene rings is 3. The summed E-state index contributed by atoms with van der Waals surface area (Å²) >= 11 is 0. The molecule has 3 aromatic carbocycles. The molecule has 0 radical (unpaired) electrons. The Kier molecular flexibility index (Phi) is 4.73. The summed E-state index contributed by atoms with van der Waals surface area (Å²) in [5.41, 5.74) is 4.50. The minimum absolute atomic E-state index is 0.700. The highest BCUT2D eigenvalue weighted by Crippen LogP contribution is 2.31. The third-order valence-electron chi connectivity index (χ3n) is 5.79. The van der Waals surface area contributed by atoms with E-state index in [0.29, 0.717) is 5.92 Å². The molecule has 3 nitrogen and oxygen atoms in total. The van der Waals surface area contributed by atoms with Crippen LogP contribution in [0.5, 0.6) is 0 Å². The van der Waals surface area contributed by atoms with E-state index in [0.717, 1.165) is 41.2 Å². The van der Waals surface area contributed by atoms with Gasteiger partial charge >= 0.3 is 0 Å². The fourth-order valence-electron chi connectivity index (χ4n) is 4.25. The number of fused-ring (bicyclic) bond motifs is 1. The lowest BCUT2D eigenvalue weighted by Crippen LogP contribution is -2.35. The third kappa shape index (κ3) is 3.61. The van der Waals surface area contributed by atoms with E-state index in [2.05, 4.69) is 84.6 Å². The first kappa shape index (κ1) is 17.9. The number of rotatable bonds is 3. The zero-order valence-electron chi connectivity index (χ0n) is 16.8. The van der Waals surface area contributed by atoms with Gasteiger partial charge in [-0.3, -0.25) is 0 Å². The first-order chi connectivity index (χ1) is 14.3. The quantitative estimate of drug-likeness (QED) is 0.424. The SMILES string of the molecule is C[C@@H]1CCCN(c2nc(-c3ccc(-c4ccccc4)cc3)nc3ccccc23)C1. The van der Waals surface area contributed by atoms with Crippen LogP contribution in [0.1, 0.15) is 19.8 Å². The summed E-state index contributed by atoms with van der Waals surface area (Å²) in [6.45, 7) is 4.46. The van der Waals surface area contributed by atoms with Crippen LogP contribution in [-0.4, -0.2) is 23.1 Å². The average molecular weight is 380 g/mol. The molecule has 0 aliphatic carbocycles. The van der Waals surface area contributed by atoms with E-state index >= 15 is 0 Å². The zero-order chi connectivity index (χ0) is 19.6. The van der Waals surface area contributed by atoms with E-state index in [1.807, 2.05) is 6.07 Å². The second-order valence-electron chi connectivity index (χ2n) is 8.02. The van der Waals surface area contributed by atoms with Crippen LogP contribution in [-0.2, 0) is 0 Å². The summed E-state index contributed by atoms with van der Waals surface area (Å²) in [6.07, 6.45) is 2.52. The molecule has 1 fully saturated rings. The van der Waals surface area contributed by atoms with Crippen molar-refractivity contribution in [2.45, 2.75) is 19.8 Å². The van der Waals surface area contributed by atoms with Crippen molar-refractivity contribution in [3.8, 4) is 22.5 Å². The first-order valence-corrected chi connectivity index (χ1v) is 10.5. The number of hydrogen-bond acceptors (Lipinski definition) is 3. The molecular formula is C26H25N3. The highest BCUT2D eigenvalue weighted by molar-refractivity contribution is 5.91. The molecule has 1 atom stereocenters. The molecule has 1 saturated heterocycles. The van der Waals surface area contributed by atoms with Crippen LogP contribution in [0.2, 0.25) is 0 Å². The Labute approximate surface area is 172 Å². The Morgan fingerprint density at radius 2 is 1.45 bits per heavy atom. The van der Waals surface area contributed by atoms with Gasteiger partial charge in [-0.05, 0) is 42.0 Å². The largest absolute Gasteiger partial charge is 0.356 e. The van der Waals surface area contributed by atoms with Gasteiger partial charge in [-0.25, -0.2) is 9.97 Å². The van der Waals surface area contributed by atoms with Gasteiger partial charge < -0.3 is 4.90 Å². The molecule has 1 aliphatic heterocycles. The van der Waals surface area contributed by atoms with Gasteiger partial charge in [-0.2, -0.15) is 0 Å². The van der Waals surface area contributed by atoms with Gasteiger partial charge in [0.1, 0.15) is 5.82 Å². The van der Waals surface area contributed by atoms with Gasteiger partial charge in [-0.1, -0.05) is 73.7 Å². The monoisotopic (exact) mass is 379 g/mol. The minimum Gasteiger partial charge on any atom is -0.356 e. The molecule has 2 heterocycles. The van der Waals surface area contributed by atoms with E-state index in [-0.39, 0.29) is 0 Å². The van der Waals surface area contributed by atoms with Crippen LogP contribution in [0.25, 0.3) is 33.4 Å². The molecule has 0 amide bonds. The predicted octanol–water partition coefficient (Wildman–Crippen LogP) is 6.20. The summed E-state index contributed by atoms with van der Waals surface area (Å²) in [6, 6.07) is 27.4. The number of piperidine rings is 1. The molecule has 0 unspecified atom stereocenters. The lowest BCUT2D eigenvalue weighted by atomic mass is 10.00. The van der Waals surface area contributed by atoms with Gasteiger partial charge in [0, 0.05) is 24.0 Å². The van der Waals surface area contributed by atoms with Crippen LogP contribution in [0.15, 0.2) is 78.9 Å². The number of nitrogens with zero attached hydrogens (tertiary/aromatic N) is 3. The molecule has 1 aliphatic rings. The Hall–Kier alpha value is -3.20. The first-order valence-electron chi connectivity index (χ1n) is 10.5. The van der Waals surface area contributed by atoms with E-state index in [1.54, 1.807) is 0 Å². The molecule has 0 bridgehead atoms. The normalized spacial score (nSPS) is 16.9. The molecule has 1 aromatic heterocycles. The summed E-state index contributed by atoms with van der Waals surface area (Å²) < 4.78 is 0. The van der Waals surface area contributed by atoms with Crippen LogP contribution in [0.3, 0.4) is 0 Å². The molecule has 144 valence electrons. The maximum absolute atomic E-state index is 5.05. The van der Waals surface area contributed by atoms with Crippen molar-refractivity contribution in [3.63, 3.8) is 0 Å². The average Bonchev–Trinajstić information content (AvgIpc) is 2.79. The van der Waals surface area contributed by atoms with Crippen molar-refractivity contribution in [1.29, 1.82) is 0 Å². The number of aromatic nitrogens is 2. The van der Waals surface area contributed by atoms with Gasteiger partial charge in [-0.15, -0.1) is 0 Å². The van der Waals surface area contributed by atoms with E-state index < -0.39 is 0 Å². The maximum Gasteiger partial charge on any atom is 0.162 e. The van der Waals surface area contributed by atoms with Crippen molar-refractivity contribution >= 4 is 16.7 Å². The van der Waals surface area contributed by atoms with Crippen molar-refractivity contribution in [2.75, 3.05) is 18.0 Å². The summed E-state index contributed by atoms with van der Waals surface area (Å²) in [5.74, 6) is 2.58. The predicted molar refractivity (Wildman–Crippen MR) is 121 cm³/mol. The Balaban J connectivity index is 1.56. The van der Waals surface area contributed by atoms with E-state index in [1.165, 1.54) is 24.0 Å². The Morgan fingerprint density at radius 1 is 0.759 bits per heavy atom. The zero-order valence-corrected chi connectivity index (χ0v) is 16.8. The molecule has 4 aromatic rings. The third-order valence-corrected chi connectivity index (χ3v) is 5.79. The molecule has 5 rings (SSSR count). The molecule has 0 spiro atoms. The molecule has 3 heteroatoms. The van der Waals surface area contributed by atoms with Crippen LogP contribution in [0.4, 0.5) is 5.82 Å². The standard InChI is InChI=1S/C26H25N3/c1-19-8-7-17-29(18-19)26-23-11-5-6-12-24(23)27-25(28-26)22-15-13-21(14-16-22)20-9-3-2-4-10-20/h2-6,9-16,19H,7-8,17-18H2,1H3/t19-/m1/s1. The highest BCUT2D eigenvalue weighted by Gasteiger charge is 2.21. The minimum atomic E-state index is 0.700. The van der Waals surface area contributed by atoms with Gasteiger partial charge in [0.2, 0.25) is 0 Å². The van der Waals surface area contributed by atoms with Crippen molar-refractivity contribution < 1.29 is 0 Å². The Bertz CT molecular complexity index is 1120. The fraction of sp³-hybridized carbons (Fsp3) is 0.231. The highest BCUT2D eigenvalue weighted by atomic mass is 15.2. The molecule has 0 N–H and O–H groups in total. The fourth-order valence-corrected chi connectivity index (χ4v) is 4.25. The van der Waals surface area contributed by atoms with Crippen molar-refractivity contribution in [1.82, 2.24) is 9.97 Å². The second-order valence-corrected chi connectivity index (χ2v) is 8.02. The summed E-state index contributed by atoms with van der Waals surface area (Å²) in [4.78, 5) is 12.4. The summed E-state index contributed by atoms with van der Waals surface area (Å²) in [7, 11) is 0. The van der Waals surface area contributed by atoms with Crippen LogP contribution < -0.4 is 4.90 Å². The molecule has 29 heavy (non-hydrogen) atoms. The van der Waals surface area contributed by atoms with Crippen molar-refractivity contribution in [3.05, 3.63) is 78.9 Å². The van der Waals surface area contributed by atoms with Gasteiger partial charge in [0.15, 0.2) is 5.82 Å². The number of hydrogen-bond donors (Lipinski definition) is 0. The topological polar surface area (TPSA) is 29.0 Å². The lowest BCUT2D eigenvalue weighted by molar-refractivity contribution is 0.445. The summed E-state index contributed by atoms with van der Waals surface area (Å²) in [5, 5.41) is 1.14. The van der Waals surface area contributed by atoms with Crippen molar-refractivity contribution in [2.24, 2.45) is 5.92 Å². The Morgan fingerprint density at radius 3 is 2.24 bits per heavy atom.